The van der Waals surface area contributed by atoms with E-state index in [0.717, 1.165) is 57.0 Å². The highest BCUT2D eigenvalue weighted by molar-refractivity contribution is 6.00. The molecule has 54 heavy (non-hydrogen) atoms. The molecule has 6 heteroatoms. The van der Waals surface area contributed by atoms with Crippen LogP contribution in [0.4, 0.5) is 0 Å². The van der Waals surface area contributed by atoms with Crippen LogP contribution in [0.5, 0.6) is 0 Å². The van der Waals surface area contributed by atoms with Crippen LogP contribution >= 0.6 is 0 Å². The number of Topliss-reactive ketones (excluding diaryl/α,β-unsaturated/α-hetero) is 1. The Balaban J connectivity index is 0.977. The van der Waals surface area contributed by atoms with Crippen LogP contribution in [0.15, 0.2) is 11.1 Å². The van der Waals surface area contributed by atoms with Gasteiger partial charge in [0.1, 0.15) is 6.10 Å². The number of hydrogen-bond acceptors (Lipinski definition) is 5. The summed E-state index contributed by atoms with van der Waals surface area (Å²) in [5.74, 6) is 2.36. The first-order chi connectivity index (χ1) is 25.4. The van der Waals surface area contributed by atoms with Crippen molar-refractivity contribution < 1.29 is 24.2 Å². The second-order valence-corrected chi connectivity index (χ2v) is 22.9. The van der Waals surface area contributed by atoms with Crippen molar-refractivity contribution in [3.8, 4) is 0 Å². The van der Waals surface area contributed by atoms with Crippen molar-refractivity contribution >= 4 is 17.7 Å². The number of aliphatic carboxylic acids is 1. The predicted molar refractivity (Wildman–Crippen MR) is 211 cm³/mol. The molecule has 0 saturated heterocycles. The molecule has 0 aromatic heterocycles. The number of hydrogen-bond donors (Lipinski definition) is 2. The smallest absolute Gasteiger partial charge is 0.309 e. The Morgan fingerprint density at radius 1 is 0.815 bits per heavy atom. The number of ether oxygens (including phenoxy) is 1. The van der Waals surface area contributed by atoms with Crippen LogP contribution in [0.2, 0.25) is 0 Å². The lowest BCUT2D eigenvalue weighted by atomic mass is 9.25. The van der Waals surface area contributed by atoms with Crippen molar-refractivity contribution in [1.29, 1.82) is 0 Å². The standard InChI is InChI=1S/C48H73NO5/c1-28(2)38-35(50)26-47(22-23-49-27-29-12-10-9-11-13-29)20-18-43(5)30(39(38)47)14-15-36-44(43,6)19-21-48-32-24-31(32)46(48,8)37(16-17-45(36,48)7)54-41(53)34-25-33(40(51)52)42(34,3)4/h28-34,36-37,49H,9-27H2,1-8H3,(H,51,52)/t30?,31?,32?,33-,34+,36-,37?,43+,44+,45+,46+,47+,48-/m0/s1. The molecule has 0 aromatic rings. The molecule has 6 nitrogen and oxygen atoms in total. The van der Waals surface area contributed by atoms with E-state index in [4.69, 9.17) is 4.74 Å². The molecule has 0 heterocycles. The molecule has 9 aliphatic carbocycles. The van der Waals surface area contributed by atoms with Crippen LogP contribution < -0.4 is 5.32 Å². The molecule has 0 aliphatic heterocycles. The van der Waals surface area contributed by atoms with E-state index in [9.17, 15) is 19.5 Å². The summed E-state index contributed by atoms with van der Waals surface area (Å²) in [4.78, 5) is 39.8. The molecule has 0 aromatic carbocycles. The van der Waals surface area contributed by atoms with Crippen LogP contribution in [0.1, 0.15) is 165 Å². The van der Waals surface area contributed by atoms with Gasteiger partial charge in [-0.25, -0.2) is 0 Å². The Kier molecular flexibility index (Phi) is 8.53. The van der Waals surface area contributed by atoms with Crippen molar-refractivity contribution in [3.05, 3.63) is 11.1 Å². The highest BCUT2D eigenvalue weighted by atomic mass is 16.5. The van der Waals surface area contributed by atoms with Gasteiger partial charge in [0.2, 0.25) is 0 Å². The van der Waals surface area contributed by atoms with Gasteiger partial charge >= 0.3 is 11.9 Å². The van der Waals surface area contributed by atoms with Crippen LogP contribution in [0, 0.1) is 85.2 Å². The van der Waals surface area contributed by atoms with E-state index in [2.05, 4.69) is 46.9 Å². The Labute approximate surface area is 326 Å². The fourth-order valence-corrected chi connectivity index (χ4v) is 17.8. The van der Waals surface area contributed by atoms with Gasteiger partial charge in [-0.2, -0.15) is 0 Å². The molecule has 4 unspecified atom stereocenters. The zero-order valence-electron chi connectivity index (χ0n) is 35.2. The van der Waals surface area contributed by atoms with E-state index in [0.29, 0.717) is 30.0 Å². The number of allylic oxidation sites excluding steroid dienone is 2. The topological polar surface area (TPSA) is 92.7 Å². The first-order valence-corrected chi connectivity index (χ1v) is 22.8. The Hall–Kier alpha value is -1.69. The van der Waals surface area contributed by atoms with E-state index in [-0.39, 0.29) is 56.4 Å². The number of carboxylic acids is 1. The molecule has 1 spiro atoms. The third kappa shape index (κ3) is 4.59. The Morgan fingerprint density at radius 2 is 1.54 bits per heavy atom. The number of carbonyl (C=O) groups is 3. The SMILES string of the molecule is CC(C)C1=C2C3CC[C@@H]4[C@@]5(C)CCC(OC(=O)[C@H]6C[C@@H](C(=O)O)C6(C)C)[C@@]6(C)C7CC7[C@]65CC[C@@]4(C)[C@]3(C)CC[C@@]2(CCNCC2CCCCC2)CC1=O. The van der Waals surface area contributed by atoms with Gasteiger partial charge in [-0.3, -0.25) is 14.4 Å². The van der Waals surface area contributed by atoms with Crippen LogP contribution in [-0.4, -0.2) is 42.0 Å². The lowest BCUT2D eigenvalue weighted by Crippen LogP contribution is -2.75. The van der Waals surface area contributed by atoms with Gasteiger partial charge in [-0.1, -0.05) is 80.2 Å². The fraction of sp³-hybridized carbons (Fsp3) is 0.896. The van der Waals surface area contributed by atoms with E-state index in [1.807, 2.05) is 13.8 Å². The summed E-state index contributed by atoms with van der Waals surface area (Å²) >= 11 is 0. The normalized spacial score (nSPS) is 50.0. The minimum atomic E-state index is -0.793. The minimum Gasteiger partial charge on any atom is -0.481 e. The van der Waals surface area contributed by atoms with Crippen LogP contribution in [0.25, 0.3) is 0 Å². The van der Waals surface area contributed by atoms with Gasteiger partial charge < -0.3 is 15.2 Å². The number of fused-ring (bicyclic) bond motifs is 8. The fourth-order valence-electron chi connectivity index (χ4n) is 17.8. The summed E-state index contributed by atoms with van der Waals surface area (Å²) in [6.45, 7) is 21.2. The Morgan fingerprint density at radius 3 is 2.22 bits per heavy atom. The molecule has 0 radical (unpaired) electrons. The summed E-state index contributed by atoms with van der Waals surface area (Å²) in [5, 5.41) is 13.7. The number of esters is 1. The first-order valence-electron chi connectivity index (χ1n) is 22.8. The van der Waals surface area contributed by atoms with Crippen molar-refractivity contribution in [2.24, 2.45) is 85.2 Å². The van der Waals surface area contributed by atoms with Gasteiger partial charge in [0, 0.05) is 17.3 Å². The zero-order valence-corrected chi connectivity index (χ0v) is 35.2. The molecule has 0 amide bonds. The van der Waals surface area contributed by atoms with E-state index < -0.39 is 17.3 Å². The summed E-state index contributed by atoms with van der Waals surface area (Å²) in [6.07, 6.45) is 19.8. The number of nitrogens with one attached hydrogen (secondary N) is 1. The average molecular weight is 744 g/mol. The van der Waals surface area contributed by atoms with E-state index >= 15 is 0 Å². The number of rotatable bonds is 9. The summed E-state index contributed by atoms with van der Waals surface area (Å²) in [7, 11) is 0. The molecule has 9 rings (SSSR count). The number of carboxylic acid groups (broad SMARTS) is 1. The Bertz CT molecular complexity index is 1640. The second-order valence-electron chi connectivity index (χ2n) is 22.9. The third-order valence-corrected chi connectivity index (χ3v) is 20.9. The lowest BCUT2D eigenvalue weighted by molar-refractivity contribution is -0.327. The van der Waals surface area contributed by atoms with Crippen molar-refractivity contribution in [2.75, 3.05) is 13.1 Å². The van der Waals surface area contributed by atoms with E-state index in [1.54, 1.807) is 5.57 Å². The third-order valence-electron chi connectivity index (χ3n) is 20.9. The highest BCUT2D eigenvalue weighted by Gasteiger charge is 2.88. The van der Waals surface area contributed by atoms with Crippen molar-refractivity contribution in [2.45, 2.75) is 171 Å². The maximum Gasteiger partial charge on any atom is 0.309 e. The minimum absolute atomic E-state index is 0.00292. The molecular formula is C48H73NO5. The molecule has 8 saturated carbocycles. The van der Waals surface area contributed by atoms with Gasteiger partial charge in [-0.05, 0) is 165 Å². The monoisotopic (exact) mass is 744 g/mol. The molecule has 2 N–H and O–H groups in total. The van der Waals surface area contributed by atoms with Crippen LogP contribution in [0.3, 0.4) is 0 Å². The molecule has 8 fully saturated rings. The van der Waals surface area contributed by atoms with Crippen LogP contribution in [-0.2, 0) is 19.1 Å². The first kappa shape index (κ1) is 37.9. The lowest BCUT2D eigenvalue weighted by Gasteiger charge is -2.79. The van der Waals surface area contributed by atoms with Crippen molar-refractivity contribution in [3.63, 3.8) is 0 Å². The highest BCUT2D eigenvalue weighted by Crippen LogP contribution is 2.92. The average Bonchev–Trinajstić information content (AvgIpc) is 3.81. The van der Waals surface area contributed by atoms with Gasteiger partial charge in [0.25, 0.3) is 0 Å². The zero-order chi connectivity index (χ0) is 38.4. The maximum atomic E-state index is 14.1. The molecule has 300 valence electrons. The summed E-state index contributed by atoms with van der Waals surface area (Å²) in [5.41, 5.74) is 3.09. The van der Waals surface area contributed by atoms with Gasteiger partial charge in [0.05, 0.1) is 11.8 Å². The predicted octanol–water partition coefficient (Wildman–Crippen LogP) is 10.2. The van der Waals surface area contributed by atoms with Gasteiger partial charge in [0.15, 0.2) is 5.78 Å². The summed E-state index contributed by atoms with van der Waals surface area (Å²) in [6, 6.07) is 0. The van der Waals surface area contributed by atoms with Gasteiger partial charge in [-0.15, -0.1) is 0 Å². The maximum absolute atomic E-state index is 14.1. The molecular weight excluding hydrogens is 671 g/mol. The van der Waals surface area contributed by atoms with E-state index in [1.165, 1.54) is 76.2 Å². The quantitative estimate of drug-likeness (QED) is 0.180. The number of ketones is 1. The molecule has 0 bridgehead atoms. The molecule has 9 aliphatic rings. The summed E-state index contributed by atoms with van der Waals surface area (Å²) < 4.78 is 6.65. The molecule has 13 atom stereocenters. The van der Waals surface area contributed by atoms with Crippen molar-refractivity contribution in [1.82, 2.24) is 5.32 Å². The second kappa shape index (κ2) is 12.2. The number of carbonyl (C=O) groups excluding carboxylic acids is 2. The largest absolute Gasteiger partial charge is 0.481 e.